The first kappa shape index (κ1) is 26.5. The number of aliphatic imine (C=N–C) groups is 1. The molecule has 3 rings (SSSR count). The van der Waals surface area contributed by atoms with Gasteiger partial charge in [0.2, 0.25) is 0 Å². The summed E-state index contributed by atoms with van der Waals surface area (Å²) in [6.45, 7) is 7.14. The first-order valence-electron chi connectivity index (χ1n) is 12.6. The molecule has 1 fully saturated rings. The van der Waals surface area contributed by atoms with Crippen molar-refractivity contribution in [2.75, 3.05) is 20.7 Å². The van der Waals surface area contributed by atoms with Crippen LogP contribution >= 0.6 is 0 Å². The second-order valence-electron chi connectivity index (χ2n) is 9.39. The Morgan fingerprint density at radius 1 is 1.26 bits per heavy atom. The minimum Gasteiger partial charge on any atom is -0.497 e. The van der Waals surface area contributed by atoms with Crippen molar-refractivity contribution in [2.45, 2.75) is 64.5 Å². The van der Waals surface area contributed by atoms with Crippen molar-refractivity contribution in [1.29, 1.82) is 0 Å². The molecule has 1 aliphatic rings. The van der Waals surface area contributed by atoms with Crippen molar-refractivity contribution in [2.24, 2.45) is 10.7 Å². The third-order valence-corrected chi connectivity index (χ3v) is 6.94. The van der Waals surface area contributed by atoms with Crippen molar-refractivity contribution in [3.8, 4) is 5.75 Å². The van der Waals surface area contributed by atoms with Crippen LogP contribution in [-0.4, -0.2) is 38.9 Å². The molecule has 2 aromatic rings. The van der Waals surface area contributed by atoms with E-state index in [2.05, 4.69) is 40.7 Å². The molecule has 3 atom stereocenters. The van der Waals surface area contributed by atoms with Gasteiger partial charge in [-0.1, -0.05) is 25.5 Å². The first-order valence-corrected chi connectivity index (χ1v) is 12.6. The lowest BCUT2D eigenvalue weighted by Crippen LogP contribution is -2.33. The zero-order valence-electron chi connectivity index (χ0n) is 21.7. The molecular formula is C29H40N4O2. The molecular weight excluding hydrogens is 436 g/mol. The summed E-state index contributed by atoms with van der Waals surface area (Å²) < 4.78 is 5.51. The largest absolute Gasteiger partial charge is 0.497 e. The molecule has 0 aliphatic heterocycles. The van der Waals surface area contributed by atoms with Gasteiger partial charge in [-0.25, -0.2) is 0 Å². The standard InChI is InChI=1S/C29H40N4O2/c1-6-32-26-9-7-8-21(13-26)22-11-10-19(2)28(16-22)29(34)33-20(3)23-12-24(15-27(14-23)35-5)25(17-30)18-31-4/h10-12,14-18,20-21,26,32H,6-9,13,30H2,1-5H3,(H,33,34)/t20-,21?,26?/m1/s1. The van der Waals surface area contributed by atoms with E-state index in [1.54, 1.807) is 20.4 Å². The van der Waals surface area contributed by atoms with Gasteiger partial charge in [0.25, 0.3) is 5.91 Å². The average molecular weight is 477 g/mol. The van der Waals surface area contributed by atoms with Crippen molar-refractivity contribution in [3.63, 3.8) is 0 Å². The number of methoxy groups -OCH3 is 1. The number of nitrogens with two attached hydrogens (primary N) is 1. The van der Waals surface area contributed by atoms with Gasteiger partial charge in [0.05, 0.1) is 13.2 Å². The molecule has 35 heavy (non-hydrogen) atoms. The molecule has 0 bridgehead atoms. The number of amides is 1. The molecule has 2 aromatic carbocycles. The van der Waals surface area contributed by atoms with Gasteiger partial charge in [0, 0.05) is 36.6 Å². The maximum atomic E-state index is 13.4. The number of allylic oxidation sites excluding steroid dienone is 1. The van der Waals surface area contributed by atoms with E-state index >= 15 is 0 Å². The van der Waals surface area contributed by atoms with E-state index in [0.29, 0.717) is 17.7 Å². The van der Waals surface area contributed by atoms with Gasteiger partial charge in [0.1, 0.15) is 5.75 Å². The van der Waals surface area contributed by atoms with E-state index in [-0.39, 0.29) is 11.9 Å². The van der Waals surface area contributed by atoms with Crippen LogP contribution in [0.25, 0.3) is 5.57 Å². The fourth-order valence-corrected chi connectivity index (χ4v) is 4.97. The van der Waals surface area contributed by atoms with Crippen molar-refractivity contribution in [1.82, 2.24) is 10.6 Å². The number of hydrogen-bond acceptors (Lipinski definition) is 5. The van der Waals surface area contributed by atoms with Gasteiger partial charge in [-0.15, -0.1) is 0 Å². The Hall–Kier alpha value is -3.12. The van der Waals surface area contributed by atoms with E-state index in [1.807, 2.05) is 32.0 Å². The lowest BCUT2D eigenvalue weighted by molar-refractivity contribution is 0.0939. The Kier molecular flexibility index (Phi) is 9.49. The number of carbonyl (C=O) groups excluding carboxylic acids is 1. The van der Waals surface area contributed by atoms with Gasteiger partial charge in [0.15, 0.2) is 0 Å². The number of nitrogens with zero attached hydrogens (tertiary/aromatic N) is 1. The summed E-state index contributed by atoms with van der Waals surface area (Å²) in [5.74, 6) is 1.12. The number of benzene rings is 2. The van der Waals surface area contributed by atoms with E-state index in [9.17, 15) is 4.79 Å². The van der Waals surface area contributed by atoms with Crippen molar-refractivity contribution in [3.05, 3.63) is 70.4 Å². The normalized spacial score (nSPS) is 19.5. The van der Waals surface area contributed by atoms with Gasteiger partial charge < -0.3 is 21.1 Å². The molecule has 4 N–H and O–H groups in total. The van der Waals surface area contributed by atoms with E-state index in [0.717, 1.165) is 40.8 Å². The highest BCUT2D eigenvalue weighted by molar-refractivity contribution is 6.09. The first-order chi connectivity index (χ1) is 16.9. The molecule has 0 spiro atoms. The Labute approximate surface area is 210 Å². The molecule has 0 heterocycles. The number of nitrogens with one attached hydrogen (secondary N) is 2. The summed E-state index contributed by atoms with van der Waals surface area (Å²) in [7, 11) is 3.34. The average Bonchev–Trinajstić information content (AvgIpc) is 2.87. The topological polar surface area (TPSA) is 88.7 Å². The number of aryl methyl sites for hydroxylation is 1. The van der Waals surface area contributed by atoms with Crippen LogP contribution in [0.4, 0.5) is 0 Å². The Balaban J connectivity index is 1.81. The second kappa shape index (κ2) is 12.5. The third-order valence-electron chi connectivity index (χ3n) is 6.94. The minimum absolute atomic E-state index is 0.0648. The predicted molar refractivity (Wildman–Crippen MR) is 145 cm³/mol. The van der Waals surface area contributed by atoms with Crippen LogP contribution < -0.4 is 21.1 Å². The third kappa shape index (κ3) is 6.73. The Bertz CT molecular complexity index is 1070. The fraction of sp³-hybridized carbons (Fsp3) is 0.448. The predicted octanol–water partition coefficient (Wildman–Crippen LogP) is 5.13. The minimum atomic E-state index is -0.218. The summed E-state index contributed by atoms with van der Waals surface area (Å²) in [6, 6.07) is 12.6. The number of ether oxygens (including phenoxy) is 1. The van der Waals surface area contributed by atoms with E-state index in [4.69, 9.17) is 10.5 Å². The lowest BCUT2D eigenvalue weighted by atomic mass is 9.80. The van der Waals surface area contributed by atoms with Gasteiger partial charge in [-0.2, -0.15) is 0 Å². The van der Waals surface area contributed by atoms with E-state index in [1.165, 1.54) is 31.0 Å². The smallest absolute Gasteiger partial charge is 0.252 e. The number of carbonyl (C=O) groups is 1. The van der Waals surface area contributed by atoms with Crippen LogP contribution in [-0.2, 0) is 0 Å². The quantitative estimate of drug-likeness (QED) is 0.438. The van der Waals surface area contributed by atoms with Crippen molar-refractivity contribution < 1.29 is 9.53 Å². The van der Waals surface area contributed by atoms with Gasteiger partial charge in [-0.3, -0.25) is 9.79 Å². The molecule has 6 heteroatoms. The SMILES string of the molecule is CCNC1CCCC(c2ccc(C)c(C(=O)N[C@H](C)c3cc(OC)cc(C(C=NC)=CN)c3)c2)C1. The van der Waals surface area contributed by atoms with Crippen LogP contribution in [0.2, 0.25) is 0 Å². The number of hydrogen-bond donors (Lipinski definition) is 3. The summed E-state index contributed by atoms with van der Waals surface area (Å²) in [5, 5.41) is 6.79. The fourth-order valence-electron chi connectivity index (χ4n) is 4.97. The summed E-state index contributed by atoms with van der Waals surface area (Å²) in [4.78, 5) is 17.5. The van der Waals surface area contributed by atoms with Crippen LogP contribution in [0.15, 0.2) is 47.6 Å². The van der Waals surface area contributed by atoms with Crippen LogP contribution in [0.1, 0.15) is 84.1 Å². The van der Waals surface area contributed by atoms with Crippen LogP contribution in [0.5, 0.6) is 5.75 Å². The maximum absolute atomic E-state index is 13.4. The molecule has 0 saturated heterocycles. The highest BCUT2D eigenvalue weighted by atomic mass is 16.5. The summed E-state index contributed by atoms with van der Waals surface area (Å²) in [6.07, 6.45) is 7.98. The molecule has 2 unspecified atom stereocenters. The monoisotopic (exact) mass is 476 g/mol. The molecule has 6 nitrogen and oxygen atoms in total. The summed E-state index contributed by atoms with van der Waals surface area (Å²) >= 11 is 0. The van der Waals surface area contributed by atoms with Crippen molar-refractivity contribution >= 4 is 17.7 Å². The molecule has 1 saturated carbocycles. The highest BCUT2D eigenvalue weighted by Crippen LogP contribution is 2.34. The summed E-state index contributed by atoms with van der Waals surface area (Å²) in [5.41, 5.74) is 11.4. The van der Waals surface area contributed by atoms with E-state index < -0.39 is 0 Å². The zero-order valence-corrected chi connectivity index (χ0v) is 21.7. The lowest BCUT2D eigenvalue weighted by Gasteiger charge is -2.30. The maximum Gasteiger partial charge on any atom is 0.252 e. The molecule has 0 aromatic heterocycles. The molecule has 1 amide bonds. The number of rotatable bonds is 9. The Morgan fingerprint density at radius 2 is 2.06 bits per heavy atom. The molecule has 188 valence electrons. The van der Waals surface area contributed by atoms with Crippen LogP contribution in [0.3, 0.4) is 0 Å². The molecule has 1 aliphatic carbocycles. The van der Waals surface area contributed by atoms with Crippen LogP contribution in [0, 0.1) is 6.92 Å². The Morgan fingerprint density at radius 3 is 2.74 bits per heavy atom. The zero-order chi connectivity index (χ0) is 25.4. The highest BCUT2D eigenvalue weighted by Gasteiger charge is 2.24. The molecule has 0 radical (unpaired) electrons. The second-order valence-corrected chi connectivity index (χ2v) is 9.39. The van der Waals surface area contributed by atoms with Gasteiger partial charge in [-0.05, 0) is 92.1 Å². The van der Waals surface area contributed by atoms with Gasteiger partial charge >= 0.3 is 0 Å².